The van der Waals surface area contributed by atoms with Crippen molar-refractivity contribution in [1.29, 1.82) is 0 Å². The summed E-state index contributed by atoms with van der Waals surface area (Å²) >= 11 is 0. The van der Waals surface area contributed by atoms with Gasteiger partial charge in [0.1, 0.15) is 18.0 Å². The third-order valence-corrected chi connectivity index (χ3v) is 7.02. The molecule has 0 unspecified atom stereocenters. The van der Waals surface area contributed by atoms with Gasteiger partial charge in [-0.2, -0.15) is 0 Å². The lowest BCUT2D eigenvalue weighted by Crippen LogP contribution is -2.59. The number of ether oxygens (including phenoxy) is 1. The van der Waals surface area contributed by atoms with Gasteiger partial charge in [0, 0.05) is 38.6 Å². The second-order valence-electron chi connectivity index (χ2n) is 8.78. The zero-order valence-electron chi connectivity index (χ0n) is 17.0. The van der Waals surface area contributed by atoms with Crippen molar-refractivity contribution >= 4 is 5.91 Å². The average molecular weight is 387 g/mol. The smallest absolute Gasteiger partial charge is 0.219 e. The summed E-state index contributed by atoms with van der Waals surface area (Å²) in [5, 5.41) is 11.1. The van der Waals surface area contributed by atoms with Crippen LogP contribution in [-0.4, -0.2) is 64.7 Å². The van der Waals surface area contributed by atoms with Gasteiger partial charge in [-0.1, -0.05) is 24.6 Å². The van der Waals surface area contributed by atoms with Gasteiger partial charge >= 0.3 is 0 Å². The molecule has 1 aliphatic carbocycles. The van der Waals surface area contributed by atoms with Crippen molar-refractivity contribution < 1.29 is 14.6 Å². The van der Waals surface area contributed by atoms with E-state index in [1.54, 1.807) is 6.92 Å². The molecule has 0 spiro atoms. The SMILES string of the molecule is CC(=O)N1CCCC[C@H]2CN([C@H]3CCC[C@@H](Oc4ccccc4)[C@@H]3O)CC[C@H]21. The first kappa shape index (κ1) is 19.7. The topological polar surface area (TPSA) is 53.0 Å². The molecule has 5 nitrogen and oxygen atoms in total. The molecule has 2 aliphatic heterocycles. The van der Waals surface area contributed by atoms with E-state index < -0.39 is 6.10 Å². The highest BCUT2D eigenvalue weighted by molar-refractivity contribution is 5.73. The lowest BCUT2D eigenvalue weighted by molar-refractivity contribution is -0.134. The first-order valence-electron chi connectivity index (χ1n) is 11.0. The second kappa shape index (κ2) is 8.83. The molecule has 5 atom stereocenters. The van der Waals surface area contributed by atoms with Gasteiger partial charge in [-0.25, -0.2) is 0 Å². The molecule has 5 heteroatoms. The van der Waals surface area contributed by atoms with Gasteiger partial charge in [0.25, 0.3) is 0 Å². The number of likely N-dealkylation sites (tertiary alicyclic amines) is 2. The fraction of sp³-hybridized carbons (Fsp3) is 0.696. The number of piperidine rings is 1. The van der Waals surface area contributed by atoms with Crippen LogP contribution >= 0.6 is 0 Å². The van der Waals surface area contributed by atoms with Crippen molar-refractivity contribution in [3.63, 3.8) is 0 Å². The molecule has 0 bridgehead atoms. The Labute approximate surface area is 168 Å². The van der Waals surface area contributed by atoms with Gasteiger partial charge < -0.3 is 14.7 Å². The molecule has 4 rings (SSSR count). The number of benzene rings is 1. The molecule has 2 saturated heterocycles. The van der Waals surface area contributed by atoms with Crippen molar-refractivity contribution in [1.82, 2.24) is 9.80 Å². The monoisotopic (exact) mass is 386 g/mol. The summed E-state index contributed by atoms with van der Waals surface area (Å²) < 4.78 is 6.13. The van der Waals surface area contributed by atoms with Crippen LogP contribution in [0, 0.1) is 5.92 Å². The molecule has 3 fully saturated rings. The number of carbonyl (C=O) groups excluding carboxylic acids is 1. The van der Waals surface area contributed by atoms with E-state index in [-0.39, 0.29) is 18.1 Å². The Morgan fingerprint density at radius 2 is 1.82 bits per heavy atom. The molecule has 1 amide bonds. The fourth-order valence-electron chi connectivity index (χ4n) is 5.61. The molecule has 1 saturated carbocycles. The molecule has 1 N–H and O–H groups in total. The molecule has 28 heavy (non-hydrogen) atoms. The molecule has 1 aromatic carbocycles. The quantitative estimate of drug-likeness (QED) is 0.867. The van der Waals surface area contributed by atoms with Crippen molar-refractivity contribution in [3.05, 3.63) is 30.3 Å². The minimum Gasteiger partial charge on any atom is -0.488 e. The van der Waals surface area contributed by atoms with E-state index >= 15 is 0 Å². The number of aliphatic hydroxyl groups excluding tert-OH is 1. The third-order valence-electron chi connectivity index (χ3n) is 7.02. The van der Waals surface area contributed by atoms with E-state index in [0.29, 0.717) is 12.0 Å². The highest BCUT2D eigenvalue weighted by Gasteiger charge is 2.42. The highest BCUT2D eigenvalue weighted by Crippen LogP contribution is 2.34. The van der Waals surface area contributed by atoms with Crippen molar-refractivity contribution in [2.24, 2.45) is 5.92 Å². The van der Waals surface area contributed by atoms with Crippen LogP contribution < -0.4 is 4.74 Å². The minimum atomic E-state index is -0.458. The summed E-state index contributed by atoms with van der Waals surface area (Å²) in [6, 6.07) is 10.4. The summed E-state index contributed by atoms with van der Waals surface area (Å²) in [6.45, 7) is 4.58. The number of fused-ring (bicyclic) bond motifs is 1. The molecule has 1 aromatic rings. The predicted octanol–water partition coefficient (Wildman–Crippen LogP) is 3.07. The Hall–Kier alpha value is -1.59. The van der Waals surface area contributed by atoms with E-state index in [1.165, 1.54) is 12.8 Å². The Morgan fingerprint density at radius 3 is 2.61 bits per heavy atom. The zero-order valence-corrected chi connectivity index (χ0v) is 17.0. The van der Waals surface area contributed by atoms with Crippen molar-refractivity contribution in [2.45, 2.75) is 76.2 Å². The van der Waals surface area contributed by atoms with Crippen LogP contribution in [0.2, 0.25) is 0 Å². The fourth-order valence-corrected chi connectivity index (χ4v) is 5.61. The maximum atomic E-state index is 12.1. The number of para-hydroxylation sites is 1. The normalized spacial score (nSPS) is 34.4. The highest BCUT2D eigenvalue weighted by atomic mass is 16.5. The number of rotatable bonds is 3. The van der Waals surface area contributed by atoms with E-state index in [0.717, 1.165) is 57.5 Å². The summed E-state index contributed by atoms with van der Waals surface area (Å²) in [4.78, 5) is 16.7. The Bertz CT molecular complexity index is 653. The van der Waals surface area contributed by atoms with Gasteiger partial charge in [-0.05, 0) is 56.6 Å². The van der Waals surface area contributed by atoms with Crippen LogP contribution in [0.3, 0.4) is 0 Å². The van der Waals surface area contributed by atoms with Crippen molar-refractivity contribution in [3.8, 4) is 5.75 Å². The average Bonchev–Trinajstić information content (AvgIpc) is 2.92. The van der Waals surface area contributed by atoms with E-state index in [4.69, 9.17) is 4.74 Å². The lowest BCUT2D eigenvalue weighted by Gasteiger charge is -2.48. The van der Waals surface area contributed by atoms with Gasteiger partial charge in [0.05, 0.1) is 0 Å². The summed E-state index contributed by atoms with van der Waals surface area (Å²) in [5.74, 6) is 1.59. The Balaban J connectivity index is 1.42. The zero-order chi connectivity index (χ0) is 19.5. The van der Waals surface area contributed by atoms with Crippen LogP contribution in [-0.2, 0) is 4.79 Å². The summed E-state index contributed by atoms with van der Waals surface area (Å²) in [7, 11) is 0. The molecule has 0 radical (unpaired) electrons. The minimum absolute atomic E-state index is 0.137. The van der Waals surface area contributed by atoms with Crippen molar-refractivity contribution in [2.75, 3.05) is 19.6 Å². The molecular weight excluding hydrogens is 352 g/mol. The second-order valence-corrected chi connectivity index (χ2v) is 8.78. The van der Waals surface area contributed by atoms with Crippen LogP contribution in [0.4, 0.5) is 0 Å². The number of hydrogen-bond acceptors (Lipinski definition) is 4. The first-order chi connectivity index (χ1) is 13.6. The molecule has 0 aromatic heterocycles. The van der Waals surface area contributed by atoms with E-state index in [9.17, 15) is 9.90 Å². The number of hydrogen-bond donors (Lipinski definition) is 1. The van der Waals surface area contributed by atoms with Gasteiger partial charge in [-0.3, -0.25) is 9.69 Å². The van der Waals surface area contributed by atoms with E-state index in [1.807, 2.05) is 30.3 Å². The van der Waals surface area contributed by atoms with Crippen LogP contribution in [0.1, 0.15) is 51.9 Å². The molecule has 154 valence electrons. The maximum Gasteiger partial charge on any atom is 0.219 e. The number of carbonyl (C=O) groups is 1. The van der Waals surface area contributed by atoms with E-state index in [2.05, 4.69) is 9.80 Å². The Kier molecular flexibility index (Phi) is 6.22. The standard InChI is InChI=1S/C23H34N2O3/c1-17(26)25-14-6-5-8-18-16-24(15-13-20(18)25)21-11-7-12-22(23(21)27)28-19-9-3-2-4-10-19/h2-4,9-10,18,20-23,27H,5-8,11-16H2,1H3/t18-,20+,21-,22+,23+/m0/s1. The van der Waals surface area contributed by atoms with Crippen LogP contribution in [0.15, 0.2) is 30.3 Å². The van der Waals surface area contributed by atoms with Gasteiger partial charge in [0.2, 0.25) is 5.91 Å². The Morgan fingerprint density at radius 1 is 1.00 bits per heavy atom. The molecule has 3 aliphatic rings. The summed E-state index contributed by atoms with van der Waals surface area (Å²) in [6.07, 6.45) is 6.96. The van der Waals surface area contributed by atoms with Gasteiger partial charge in [-0.15, -0.1) is 0 Å². The van der Waals surface area contributed by atoms with Gasteiger partial charge in [0.15, 0.2) is 0 Å². The largest absolute Gasteiger partial charge is 0.488 e. The van der Waals surface area contributed by atoms with Crippen LogP contribution in [0.25, 0.3) is 0 Å². The lowest BCUT2D eigenvalue weighted by atomic mass is 9.83. The number of nitrogens with zero attached hydrogens (tertiary/aromatic N) is 2. The third kappa shape index (κ3) is 4.20. The molecule has 2 heterocycles. The number of amides is 1. The summed E-state index contributed by atoms with van der Waals surface area (Å²) in [5.41, 5.74) is 0. The predicted molar refractivity (Wildman–Crippen MR) is 109 cm³/mol. The first-order valence-corrected chi connectivity index (χ1v) is 11.0. The number of aliphatic hydroxyl groups is 1. The molecular formula is C23H34N2O3. The maximum absolute atomic E-state index is 12.1. The van der Waals surface area contributed by atoms with Crippen LogP contribution in [0.5, 0.6) is 5.75 Å².